The van der Waals surface area contributed by atoms with Crippen LogP contribution in [0.25, 0.3) is 0 Å². The van der Waals surface area contributed by atoms with Gasteiger partial charge in [0, 0.05) is 11.6 Å². The average molecular weight is 223 g/mol. The van der Waals surface area contributed by atoms with E-state index in [1.165, 1.54) is 6.07 Å². The van der Waals surface area contributed by atoms with Crippen molar-refractivity contribution in [3.63, 3.8) is 0 Å². The lowest BCUT2D eigenvalue weighted by atomic mass is 10.2. The maximum absolute atomic E-state index is 13.2. The fourth-order valence-electron chi connectivity index (χ4n) is 1.34. The molecular weight excluding hydrogens is 209 g/mol. The zero-order valence-electron chi connectivity index (χ0n) is 8.91. The van der Waals surface area contributed by atoms with Crippen LogP contribution in [0.2, 0.25) is 0 Å². The maximum Gasteiger partial charge on any atom is 0.320 e. The van der Waals surface area contributed by atoms with Gasteiger partial charge in [-0.05, 0) is 18.9 Å². The van der Waals surface area contributed by atoms with Gasteiger partial charge in [-0.15, -0.1) is 0 Å². The number of nitrogens with one attached hydrogen (secondary N) is 1. The van der Waals surface area contributed by atoms with Crippen LogP contribution in [0, 0.1) is 5.82 Å². The maximum atomic E-state index is 13.2. The Morgan fingerprint density at radius 3 is 2.88 bits per heavy atom. The van der Waals surface area contributed by atoms with E-state index in [1.54, 1.807) is 18.2 Å². The Morgan fingerprint density at radius 2 is 2.19 bits per heavy atom. The lowest BCUT2D eigenvalue weighted by Crippen LogP contribution is -2.26. The van der Waals surface area contributed by atoms with Crippen LogP contribution in [-0.4, -0.2) is 18.6 Å². The molecule has 86 valence electrons. The molecule has 0 heterocycles. The number of hydrogen-bond donors (Lipinski definition) is 1. The van der Waals surface area contributed by atoms with Gasteiger partial charge in [0.15, 0.2) is 0 Å². The molecule has 0 saturated heterocycles. The van der Waals surface area contributed by atoms with Crippen molar-refractivity contribution in [2.75, 3.05) is 6.54 Å². The summed E-state index contributed by atoms with van der Waals surface area (Å²) in [5.74, 6) is -0.680. The molecule has 1 aliphatic carbocycles. The van der Waals surface area contributed by atoms with Gasteiger partial charge >= 0.3 is 5.97 Å². The van der Waals surface area contributed by atoms with Crippen LogP contribution in [0.1, 0.15) is 18.4 Å². The quantitative estimate of drug-likeness (QED) is 0.771. The molecular formula is C12H14FNO2. The molecule has 1 N–H and O–H groups in total. The van der Waals surface area contributed by atoms with Gasteiger partial charge in [0.05, 0.1) is 6.54 Å². The molecule has 2 rings (SSSR count). The standard InChI is InChI=1S/C12H14FNO2/c13-11-4-2-1-3-9(11)8-16-12(15)7-14-10-5-6-10/h1-4,10,14H,5-8H2. The largest absolute Gasteiger partial charge is 0.460 e. The number of halogens is 1. The molecule has 0 unspecified atom stereocenters. The van der Waals surface area contributed by atoms with Crippen LogP contribution in [-0.2, 0) is 16.1 Å². The minimum Gasteiger partial charge on any atom is -0.460 e. The Balaban J connectivity index is 1.73. The molecule has 1 fully saturated rings. The van der Waals surface area contributed by atoms with Crippen LogP contribution in [0.15, 0.2) is 24.3 Å². The van der Waals surface area contributed by atoms with E-state index in [0.29, 0.717) is 11.6 Å². The fraction of sp³-hybridized carbons (Fsp3) is 0.417. The van der Waals surface area contributed by atoms with Gasteiger partial charge < -0.3 is 10.1 Å². The number of esters is 1. The number of carbonyl (C=O) groups excluding carboxylic acids is 1. The molecule has 1 saturated carbocycles. The Labute approximate surface area is 93.6 Å². The first-order valence-corrected chi connectivity index (χ1v) is 5.38. The third-order valence-electron chi connectivity index (χ3n) is 2.46. The first kappa shape index (κ1) is 11.1. The minimum absolute atomic E-state index is 0.00213. The van der Waals surface area contributed by atoms with E-state index in [1.807, 2.05) is 0 Å². The summed E-state index contributed by atoms with van der Waals surface area (Å²) in [5, 5.41) is 3.04. The monoisotopic (exact) mass is 223 g/mol. The summed E-state index contributed by atoms with van der Waals surface area (Å²) in [7, 11) is 0. The summed E-state index contributed by atoms with van der Waals surface area (Å²) < 4.78 is 18.1. The average Bonchev–Trinajstić information content (AvgIpc) is 3.09. The molecule has 1 aromatic carbocycles. The zero-order valence-corrected chi connectivity index (χ0v) is 8.91. The third kappa shape index (κ3) is 3.31. The highest BCUT2D eigenvalue weighted by molar-refractivity contribution is 5.71. The Bertz CT molecular complexity index is 377. The second kappa shape index (κ2) is 5.07. The molecule has 1 aromatic rings. The molecule has 0 aromatic heterocycles. The first-order valence-electron chi connectivity index (χ1n) is 5.38. The lowest BCUT2D eigenvalue weighted by molar-refractivity contribution is -0.143. The van der Waals surface area contributed by atoms with Gasteiger partial charge in [-0.25, -0.2) is 4.39 Å². The van der Waals surface area contributed by atoms with Crippen molar-refractivity contribution in [3.05, 3.63) is 35.6 Å². The number of hydrogen-bond acceptors (Lipinski definition) is 3. The summed E-state index contributed by atoms with van der Waals surface area (Å²) in [5.41, 5.74) is 0.405. The van der Waals surface area contributed by atoms with E-state index in [2.05, 4.69) is 5.32 Å². The molecule has 0 spiro atoms. The predicted octanol–water partition coefficient (Wildman–Crippen LogP) is 1.62. The Kier molecular flexibility index (Phi) is 3.51. The number of ether oxygens (including phenoxy) is 1. The summed E-state index contributed by atoms with van der Waals surface area (Å²) in [6.45, 7) is 0.205. The molecule has 1 aliphatic rings. The molecule has 0 amide bonds. The summed E-state index contributed by atoms with van der Waals surface area (Å²) in [6.07, 6.45) is 2.25. The summed E-state index contributed by atoms with van der Waals surface area (Å²) in [4.78, 5) is 11.3. The van der Waals surface area contributed by atoms with Gasteiger partial charge in [-0.3, -0.25) is 4.79 Å². The van der Waals surface area contributed by atoms with Gasteiger partial charge in [0.2, 0.25) is 0 Å². The Hall–Kier alpha value is -1.42. The van der Waals surface area contributed by atoms with Crippen LogP contribution in [0.4, 0.5) is 4.39 Å². The van der Waals surface area contributed by atoms with Gasteiger partial charge in [-0.2, -0.15) is 0 Å². The fourth-order valence-corrected chi connectivity index (χ4v) is 1.34. The topological polar surface area (TPSA) is 38.3 Å². The van der Waals surface area contributed by atoms with Crippen LogP contribution in [0.5, 0.6) is 0 Å². The highest BCUT2D eigenvalue weighted by Gasteiger charge is 2.21. The predicted molar refractivity (Wildman–Crippen MR) is 57.2 cm³/mol. The highest BCUT2D eigenvalue weighted by Crippen LogP contribution is 2.18. The van der Waals surface area contributed by atoms with Gasteiger partial charge in [0.1, 0.15) is 12.4 Å². The number of carbonyl (C=O) groups is 1. The third-order valence-corrected chi connectivity index (χ3v) is 2.46. The normalized spacial score (nSPS) is 14.8. The smallest absolute Gasteiger partial charge is 0.320 e. The molecule has 0 aliphatic heterocycles. The molecule has 4 heteroatoms. The molecule has 0 atom stereocenters. The van der Waals surface area contributed by atoms with Crippen molar-refractivity contribution < 1.29 is 13.9 Å². The van der Waals surface area contributed by atoms with E-state index in [9.17, 15) is 9.18 Å². The van der Waals surface area contributed by atoms with Gasteiger partial charge in [0.25, 0.3) is 0 Å². The molecule has 3 nitrogen and oxygen atoms in total. The Morgan fingerprint density at radius 1 is 1.44 bits per heavy atom. The van der Waals surface area contributed by atoms with Crippen molar-refractivity contribution >= 4 is 5.97 Å². The van der Waals surface area contributed by atoms with E-state index in [-0.39, 0.29) is 24.9 Å². The molecule has 0 bridgehead atoms. The van der Waals surface area contributed by atoms with Gasteiger partial charge in [-0.1, -0.05) is 18.2 Å². The van der Waals surface area contributed by atoms with Crippen molar-refractivity contribution in [3.8, 4) is 0 Å². The van der Waals surface area contributed by atoms with E-state index in [4.69, 9.17) is 4.74 Å². The second-order valence-corrected chi connectivity index (χ2v) is 3.91. The zero-order chi connectivity index (χ0) is 11.4. The second-order valence-electron chi connectivity index (χ2n) is 3.91. The minimum atomic E-state index is -0.342. The van der Waals surface area contributed by atoms with Crippen molar-refractivity contribution in [1.29, 1.82) is 0 Å². The van der Waals surface area contributed by atoms with Crippen molar-refractivity contribution in [2.45, 2.75) is 25.5 Å². The van der Waals surface area contributed by atoms with E-state index >= 15 is 0 Å². The first-order chi connectivity index (χ1) is 7.75. The summed E-state index contributed by atoms with van der Waals surface area (Å²) in [6, 6.07) is 6.76. The van der Waals surface area contributed by atoms with Crippen LogP contribution in [0.3, 0.4) is 0 Å². The number of benzene rings is 1. The summed E-state index contributed by atoms with van der Waals surface area (Å²) >= 11 is 0. The highest BCUT2D eigenvalue weighted by atomic mass is 19.1. The van der Waals surface area contributed by atoms with E-state index in [0.717, 1.165) is 12.8 Å². The molecule has 16 heavy (non-hydrogen) atoms. The molecule has 0 radical (unpaired) electrons. The van der Waals surface area contributed by atoms with Crippen molar-refractivity contribution in [2.24, 2.45) is 0 Å². The SMILES string of the molecule is O=C(CNC1CC1)OCc1ccccc1F. The number of rotatable bonds is 5. The van der Waals surface area contributed by atoms with Crippen LogP contribution >= 0.6 is 0 Å². The lowest BCUT2D eigenvalue weighted by Gasteiger charge is -2.06. The van der Waals surface area contributed by atoms with Crippen LogP contribution < -0.4 is 5.32 Å². The van der Waals surface area contributed by atoms with Crippen molar-refractivity contribution in [1.82, 2.24) is 5.32 Å². The van der Waals surface area contributed by atoms with E-state index < -0.39 is 0 Å².